The molecule has 19 heavy (non-hydrogen) atoms. The fraction of sp³-hybridized carbons (Fsp3) is 0.200. The van der Waals surface area contributed by atoms with Crippen molar-refractivity contribution in [2.75, 3.05) is 0 Å². The lowest BCUT2D eigenvalue weighted by molar-refractivity contribution is 0.112. The number of ether oxygens (including phenoxy) is 1. The van der Waals surface area contributed by atoms with E-state index in [9.17, 15) is 4.79 Å². The Bertz CT molecular complexity index is 596. The van der Waals surface area contributed by atoms with Crippen molar-refractivity contribution in [3.63, 3.8) is 0 Å². The average Bonchev–Trinajstić information content (AvgIpc) is 2.41. The normalized spacial score (nSPS) is 10.5. The first kappa shape index (κ1) is 13.7. The highest BCUT2D eigenvalue weighted by molar-refractivity contribution is 9.10. The maximum atomic E-state index is 11.0. The summed E-state index contributed by atoms with van der Waals surface area (Å²) in [6.07, 6.45) is 2.35. The van der Waals surface area contributed by atoms with Crippen molar-refractivity contribution in [3.8, 4) is 11.6 Å². The van der Waals surface area contributed by atoms with Gasteiger partial charge in [-0.3, -0.25) is 4.79 Å². The van der Waals surface area contributed by atoms with Crippen LogP contribution in [0.25, 0.3) is 0 Å². The number of rotatable bonds is 4. The molecule has 1 aromatic carbocycles. The van der Waals surface area contributed by atoms with Gasteiger partial charge in [0.1, 0.15) is 5.75 Å². The Morgan fingerprint density at radius 3 is 2.79 bits per heavy atom. The molecule has 0 atom stereocenters. The molecular weight excluding hydrogens is 306 g/mol. The molecule has 0 N–H and O–H groups in total. The number of nitrogens with zero attached hydrogens (tertiary/aromatic N) is 1. The van der Waals surface area contributed by atoms with E-state index in [1.165, 1.54) is 0 Å². The van der Waals surface area contributed by atoms with E-state index in [4.69, 9.17) is 4.74 Å². The van der Waals surface area contributed by atoms with E-state index in [0.29, 0.717) is 17.4 Å². The van der Waals surface area contributed by atoms with Gasteiger partial charge >= 0.3 is 0 Å². The van der Waals surface area contributed by atoms with Crippen molar-refractivity contribution in [2.45, 2.75) is 19.8 Å². The van der Waals surface area contributed by atoms with Crippen LogP contribution in [0.1, 0.15) is 35.7 Å². The molecule has 0 radical (unpaired) electrons. The third-order valence-electron chi connectivity index (χ3n) is 2.73. The molecule has 0 unspecified atom stereocenters. The smallest absolute Gasteiger partial charge is 0.229 e. The topological polar surface area (TPSA) is 39.2 Å². The molecule has 0 amide bonds. The fourth-order valence-electron chi connectivity index (χ4n) is 1.75. The van der Waals surface area contributed by atoms with Crippen LogP contribution >= 0.6 is 15.9 Å². The maximum absolute atomic E-state index is 11.0. The molecule has 3 nitrogen and oxygen atoms in total. The van der Waals surface area contributed by atoms with Crippen LogP contribution in [-0.4, -0.2) is 11.3 Å². The summed E-state index contributed by atoms with van der Waals surface area (Å²) >= 11 is 3.45. The van der Waals surface area contributed by atoms with E-state index < -0.39 is 0 Å². The number of aromatic nitrogens is 1. The number of carbonyl (C=O) groups is 1. The van der Waals surface area contributed by atoms with Crippen LogP contribution in [0.4, 0.5) is 0 Å². The number of aldehydes is 1. The predicted molar refractivity (Wildman–Crippen MR) is 77.9 cm³/mol. The summed E-state index contributed by atoms with van der Waals surface area (Å²) in [6.45, 7) is 4.18. The van der Waals surface area contributed by atoms with Gasteiger partial charge < -0.3 is 4.74 Å². The van der Waals surface area contributed by atoms with Crippen molar-refractivity contribution in [2.24, 2.45) is 0 Å². The van der Waals surface area contributed by atoms with Gasteiger partial charge in [0, 0.05) is 10.7 Å². The summed E-state index contributed by atoms with van der Waals surface area (Å²) < 4.78 is 6.78. The van der Waals surface area contributed by atoms with Gasteiger partial charge in [0.05, 0.1) is 5.56 Å². The molecule has 0 spiro atoms. The molecule has 1 aromatic heterocycles. The summed E-state index contributed by atoms with van der Waals surface area (Å²) in [5.41, 5.74) is 1.51. The fourth-order valence-corrected chi connectivity index (χ4v) is 2.12. The number of halogens is 1. The third-order valence-corrected chi connectivity index (χ3v) is 3.22. The Hall–Kier alpha value is -1.68. The van der Waals surface area contributed by atoms with Crippen molar-refractivity contribution < 1.29 is 9.53 Å². The van der Waals surface area contributed by atoms with E-state index in [1.807, 2.05) is 18.2 Å². The average molecular weight is 320 g/mol. The largest absolute Gasteiger partial charge is 0.438 e. The summed E-state index contributed by atoms with van der Waals surface area (Å²) in [5, 5.41) is 0. The minimum absolute atomic E-state index is 0.316. The zero-order valence-corrected chi connectivity index (χ0v) is 12.3. The molecule has 98 valence electrons. The molecular formula is C15H14BrNO2. The Balaban J connectivity index is 2.40. The zero-order valence-electron chi connectivity index (χ0n) is 10.8. The molecule has 0 aliphatic heterocycles. The van der Waals surface area contributed by atoms with Crippen LogP contribution in [0.15, 0.2) is 41.0 Å². The molecule has 0 saturated carbocycles. The van der Waals surface area contributed by atoms with Crippen molar-refractivity contribution in [3.05, 3.63) is 52.1 Å². The van der Waals surface area contributed by atoms with Gasteiger partial charge in [0.2, 0.25) is 5.88 Å². The third kappa shape index (κ3) is 3.20. The second kappa shape index (κ2) is 5.97. The predicted octanol–water partition coefficient (Wildman–Crippen LogP) is 4.57. The number of pyridine rings is 1. The lowest BCUT2D eigenvalue weighted by Gasteiger charge is -2.14. The summed E-state index contributed by atoms with van der Waals surface area (Å²) in [4.78, 5) is 15.1. The highest BCUT2D eigenvalue weighted by Gasteiger charge is 2.12. The molecule has 1 heterocycles. The SMILES string of the molecule is CC(C)c1cc(Br)ccc1Oc1ncccc1C=O. The van der Waals surface area contributed by atoms with Gasteiger partial charge in [0.15, 0.2) is 6.29 Å². The van der Waals surface area contributed by atoms with E-state index in [0.717, 1.165) is 22.1 Å². The highest BCUT2D eigenvalue weighted by atomic mass is 79.9. The van der Waals surface area contributed by atoms with E-state index in [2.05, 4.69) is 34.8 Å². The van der Waals surface area contributed by atoms with Crippen LogP contribution in [0.5, 0.6) is 11.6 Å². The monoisotopic (exact) mass is 319 g/mol. The molecule has 0 bridgehead atoms. The highest BCUT2D eigenvalue weighted by Crippen LogP contribution is 2.32. The van der Waals surface area contributed by atoms with Crippen molar-refractivity contribution in [1.82, 2.24) is 4.98 Å². The quantitative estimate of drug-likeness (QED) is 0.775. The molecule has 2 aromatic rings. The number of carbonyl (C=O) groups excluding carboxylic acids is 1. The zero-order chi connectivity index (χ0) is 13.8. The second-order valence-corrected chi connectivity index (χ2v) is 5.37. The van der Waals surface area contributed by atoms with Crippen LogP contribution < -0.4 is 4.74 Å². The second-order valence-electron chi connectivity index (χ2n) is 4.45. The number of benzene rings is 1. The molecule has 0 aliphatic rings. The van der Waals surface area contributed by atoms with Gasteiger partial charge in [-0.1, -0.05) is 29.8 Å². The van der Waals surface area contributed by atoms with E-state index in [-0.39, 0.29) is 0 Å². The van der Waals surface area contributed by atoms with Gasteiger partial charge in [-0.25, -0.2) is 4.98 Å². The van der Waals surface area contributed by atoms with Crippen LogP contribution in [0.2, 0.25) is 0 Å². The first-order valence-corrected chi connectivity index (χ1v) is 6.78. The Kier molecular flexibility index (Phi) is 4.32. The van der Waals surface area contributed by atoms with Crippen LogP contribution in [0, 0.1) is 0 Å². The van der Waals surface area contributed by atoms with Gasteiger partial charge in [-0.2, -0.15) is 0 Å². The van der Waals surface area contributed by atoms with Crippen LogP contribution in [-0.2, 0) is 0 Å². The molecule has 4 heteroatoms. The van der Waals surface area contributed by atoms with Gasteiger partial charge in [-0.05, 0) is 41.8 Å². The summed E-state index contributed by atoms with van der Waals surface area (Å²) in [7, 11) is 0. The Morgan fingerprint density at radius 1 is 1.32 bits per heavy atom. The van der Waals surface area contributed by atoms with E-state index in [1.54, 1.807) is 18.3 Å². The Morgan fingerprint density at radius 2 is 2.11 bits per heavy atom. The molecule has 0 aliphatic carbocycles. The first-order valence-electron chi connectivity index (χ1n) is 5.99. The van der Waals surface area contributed by atoms with Crippen molar-refractivity contribution >= 4 is 22.2 Å². The molecule has 0 fully saturated rings. The summed E-state index contributed by atoms with van der Waals surface area (Å²) in [5.74, 6) is 1.37. The van der Waals surface area contributed by atoms with Crippen molar-refractivity contribution in [1.29, 1.82) is 0 Å². The number of hydrogen-bond donors (Lipinski definition) is 0. The minimum Gasteiger partial charge on any atom is -0.438 e. The molecule has 2 rings (SSSR count). The van der Waals surface area contributed by atoms with Gasteiger partial charge in [-0.15, -0.1) is 0 Å². The lowest BCUT2D eigenvalue weighted by Crippen LogP contribution is -1.98. The lowest BCUT2D eigenvalue weighted by atomic mass is 10.0. The van der Waals surface area contributed by atoms with Gasteiger partial charge in [0.25, 0.3) is 0 Å². The molecule has 0 saturated heterocycles. The van der Waals surface area contributed by atoms with Crippen LogP contribution in [0.3, 0.4) is 0 Å². The first-order chi connectivity index (χ1) is 9.11. The minimum atomic E-state index is 0.316. The standard InChI is InChI=1S/C15H14BrNO2/c1-10(2)13-8-12(16)5-6-14(13)19-15-11(9-18)4-3-7-17-15/h3-10H,1-2H3. The maximum Gasteiger partial charge on any atom is 0.229 e. The number of hydrogen-bond acceptors (Lipinski definition) is 3. The summed E-state index contributed by atoms with van der Waals surface area (Å²) in [6, 6.07) is 9.20. The Labute approximate surface area is 120 Å². The van der Waals surface area contributed by atoms with E-state index >= 15 is 0 Å².